The van der Waals surface area contributed by atoms with Gasteiger partial charge in [-0.05, 0) is 6.42 Å². The van der Waals surface area contributed by atoms with Crippen LogP contribution < -0.4 is 16.8 Å². The van der Waals surface area contributed by atoms with Crippen LogP contribution in [0, 0.1) is 0 Å². The fourth-order valence-electron chi connectivity index (χ4n) is 2.30. The molecular formula is C12H15N3O4. The summed E-state index contributed by atoms with van der Waals surface area (Å²) in [5, 5.41) is 10.1. The van der Waals surface area contributed by atoms with Crippen LogP contribution in [0.15, 0.2) is 14.4 Å². The van der Waals surface area contributed by atoms with E-state index < -0.39 is 16.8 Å². The summed E-state index contributed by atoms with van der Waals surface area (Å²) in [5.41, 5.74) is -1.27. The van der Waals surface area contributed by atoms with E-state index in [-0.39, 0.29) is 22.3 Å². The molecule has 0 aliphatic carbocycles. The maximum atomic E-state index is 12.1. The van der Waals surface area contributed by atoms with Crippen LogP contribution in [0.4, 0.5) is 0 Å². The zero-order valence-corrected chi connectivity index (χ0v) is 11.2. The van der Waals surface area contributed by atoms with Crippen molar-refractivity contribution in [3.8, 4) is 5.75 Å². The molecule has 2 heterocycles. The van der Waals surface area contributed by atoms with Crippen molar-refractivity contribution in [3.05, 3.63) is 36.8 Å². The van der Waals surface area contributed by atoms with Gasteiger partial charge < -0.3 is 5.11 Å². The molecule has 0 spiro atoms. The van der Waals surface area contributed by atoms with E-state index in [2.05, 4.69) is 0 Å². The van der Waals surface area contributed by atoms with E-state index in [1.54, 1.807) is 6.92 Å². The number of aromatic nitrogens is 3. The van der Waals surface area contributed by atoms with E-state index in [1.807, 2.05) is 0 Å². The Balaban J connectivity index is 3.33. The van der Waals surface area contributed by atoms with Crippen molar-refractivity contribution in [2.75, 3.05) is 0 Å². The molecule has 0 aliphatic heterocycles. The molecule has 0 atom stereocenters. The average molecular weight is 265 g/mol. The van der Waals surface area contributed by atoms with Crippen molar-refractivity contribution in [1.29, 1.82) is 0 Å². The Morgan fingerprint density at radius 1 is 0.947 bits per heavy atom. The van der Waals surface area contributed by atoms with E-state index in [0.29, 0.717) is 6.42 Å². The Kier molecular flexibility index (Phi) is 2.84. The van der Waals surface area contributed by atoms with Crippen LogP contribution in [-0.2, 0) is 27.6 Å². The summed E-state index contributed by atoms with van der Waals surface area (Å²) >= 11 is 0. The number of aryl methyl sites for hydroxylation is 2. The third-order valence-electron chi connectivity index (χ3n) is 3.39. The lowest BCUT2D eigenvalue weighted by Crippen LogP contribution is -2.39. The minimum absolute atomic E-state index is 0.0106. The van der Waals surface area contributed by atoms with Gasteiger partial charge in [0.25, 0.3) is 11.1 Å². The molecule has 0 amide bonds. The van der Waals surface area contributed by atoms with Crippen molar-refractivity contribution in [3.63, 3.8) is 0 Å². The molecule has 0 bridgehead atoms. The summed E-state index contributed by atoms with van der Waals surface area (Å²) in [5.74, 6) is -0.336. The second kappa shape index (κ2) is 4.11. The summed E-state index contributed by atoms with van der Waals surface area (Å²) in [4.78, 5) is 36.1. The lowest BCUT2D eigenvalue weighted by atomic mass is 10.1. The molecule has 7 heteroatoms. The largest absolute Gasteiger partial charge is 0.506 e. The molecule has 2 aromatic rings. The van der Waals surface area contributed by atoms with Crippen LogP contribution >= 0.6 is 0 Å². The van der Waals surface area contributed by atoms with Crippen molar-refractivity contribution in [1.82, 2.24) is 13.7 Å². The fourth-order valence-corrected chi connectivity index (χ4v) is 2.30. The Morgan fingerprint density at radius 3 is 2.05 bits per heavy atom. The number of hydrogen-bond acceptors (Lipinski definition) is 4. The zero-order chi connectivity index (χ0) is 14.5. The van der Waals surface area contributed by atoms with E-state index in [9.17, 15) is 19.5 Å². The number of fused-ring (bicyclic) bond motifs is 1. The Bertz CT molecular complexity index is 855. The quantitative estimate of drug-likeness (QED) is 0.731. The topological polar surface area (TPSA) is 86.2 Å². The molecule has 1 N–H and O–H groups in total. The number of hydrogen-bond donors (Lipinski definition) is 1. The highest BCUT2D eigenvalue weighted by atomic mass is 16.3. The highest BCUT2D eigenvalue weighted by Gasteiger charge is 2.19. The van der Waals surface area contributed by atoms with Crippen molar-refractivity contribution in [2.24, 2.45) is 21.1 Å². The van der Waals surface area contributed by atoms with Gasteiger partial charge in [0.15, 0.2) is 0 Å². The van der Waals surface area contributed by atoms with Crippen molar-refractivity contribution < 1.29 is 5.11 Å². The fraction of sp³-hybridized carbons (Fsp3) is 0.417. The molecule has 102 valence electrons. The molecule has 0 unspecified atom stereocenters. The van der Waals surface area contributed by atoms with Crippen molar-refractivity contribution in [2.45, 2.75) is 13.3 Å². The van der Waals surface area contributed by atoms with Crippen molar-refractivity contribution >= 4 is 11.0 Å². The predicted molar refractivity (Wildman–Crippen MR) is 70.7 cm³/mol. The third kappa shape index (κ3) is 1.54. The molecule has 0 aliphatic rings. The van der Waals surface area contributed by atoms with Gasteiger partial charge in [0.2, 0.25) is 0 Å². The molecule has 0 saturated heterocycles. The molecule has 0 saturated carbocycles. The van der Waals surface area contributed by atoms with Gasteiger partial charge in [-0.3, -0.25) is 23.3 Å². The van der Waals surface area contributed by atoms with E-state index in [1.165, 1.54) is 30.3 Å². The molecule has 0 fully saturated rings. The van der Waals surface area contributed by atoms with Gasteiger partial charge in [0.1, 0.15) is 16.8 Å². The summed E-state index contributed by atoms with van der Waals surface area (Å²) in [6.07, 6.45) is 0.306. The van der Waals surface area contributed by atoms with Crippen LogP contribution in [0.2, 0.25) is 0 Å². The van der Waals surface area contributed by atoms with Gasteiger partial charge in [0, 0.05) is 21.1 Å². The summed E-state index contributed by atoms with van der Waals surface area (Å²) < 4.78 is 3.31. The van der Waals surface area contributed by atoms with E-state index in [0.717, 1.165) is 4.57 Å². The highest BCUT2D eigenvalue weighted by molar-refractivity contribution is 5.82. The van der Waals surface area contributed by atoms with E-state index >= 15 is 0 Å². The minimum Gasteiger partial charge on any atom is -0.506 e. The molecule has 19 heavy (non-hydrogen) atoms. The monoisotopic (exact) mass is 265 g/mol. The van der Waals surface area contributed by atoms with Gasteiger partial charge in [-0.1, -0.05) is 6.92 Å². The standard InChI is InChI=1S/C12H15N3O4/c1-5-6-8(16)7-9(13(2)10(6)17)14(3)12(19)15(4)11(7)18/h16H,5H2,1-4H3. The second-order valence-electron chi connectivity index (χ2n) is 4.45. The number of rotatable bonds is 1. The first kappa shape index (κ1) is 13.1. The Hall–Kier alpha value is -2.31. The third-order valence-corrected chi connectivity index (χ3v) is 3.39. The molecule has 2 rings (SSSR count). The maximum absolute atomic E-state index is 12.1. The SMILES string of the molecule is CCc1c(O)c2c(=O)n(C)c(=O)n(C)c2n(C)c1=O. The van der Waals surface area contributed by atoms with Gasteiger partial charge in [0.05, 0.1) is 5.56 Å². The van der Waals surface area contributed by atoms with Gasteiger partial charge in [-0.2, -0.15) is 0 Å². The summed E-state index contributed by atoms with van der Waals surface area (Å²) in [6.45, 7) is 1.72. The van der Waals surface area contributed by atoms with Crippen LogP contribution in [0.3, 0.4) is 0 Å². The maximum Gasteiger partial charge on any atom is 0.332 e. The summed E-state index contributed by atoms with van der Waals surface area (Å²) in [6, 6.07) is 0. The Labute approximate surface area is 108 Å². The number of nitrogens with zero attached hydrogens (tertiary/aromatic N) is 3. The number of aromatic hydroxyl groups is 1. The van der Waals surface area contributed by atoms with Gasteiger partial charge in [-0.25, -0.2) is 4.79 Å². The van der Waals surface area contributed by atoms with Crippen LogP contribution in [-0.4, -0.2) is 18.8 Å². The average Bonchev–Trinajstić information content (AvgIpc) is 2.38. The second-order valence-corrected chi connectivity index (χ2v) is 4.45. The first-order valence-electron chi connectivity index (χ1n) is 5.83. The van der Waals surface area contributed by atoms with E-state index in [4.69, 9.17) is 0 Å². The first-order chi connectivity index (χ1) is 8.82. The molecule has 2 aromatic heterocycles. The van der Waals surface area contributed by atoms with Gasteiger partial charge in [-0.15, -0.1) is 0 Å². The molecule has 0 radical (unpaired) electrons. The Morgan fingerprint density at radius 2 is 1.53 bits per heavy atom. The van der Waals surface area contributed by atoms with Crippen LogP contribution in [0.5, 0.6) is 5.75 Å². The smallest absolute Gasteiger partial charge is 0.332 e. The lowest BCUT2D eigenvalue weighted by Gasteiger charge is -2.14. The molecular weight excluding hydrogens is 250 g/mol. The molecule has 0 aromatic carbocycles. The number of pyridine rings is 1. The normalized spacial score (nSPS) is 11.2. The lowest BCUT2D eigenvalue weighted by molar-refractivity contribution is 0.470. The predicted octanol–water partition coefficient (Wildman–Crippen LogP) is -0.796. The van der Waals surface area contributed by atoms with Crippen LogP contribution in [0.25, 0.3) is 11.0 Å². The van der Waals surface area contributed by atoms with Gasteiger partial charge >= 0.3 is 5.69 Å². The first-order valence-corrected chi connectivity index (χ1v) is 5.83. The summed E-state index contributed by atoms with van der Waals surface area (Å²) in [7, 11) is 4.26. The molecule has 7 nitrogen and oxygen atoms in total. The minimum atomic E-state index is -0.610. The van der Waals surface area contributed by atoms with Crippen LogP contribution in [0.1, 0.15) is 12.5 Å². The highest BCUT2D eigenvalue weighted by Crippen LogP contribution is 2.21. The zero-order valence-electron chi connectivity index (χ0n) is 11.2.